The summed E-state index contributed by atoms with van der Waals surface area (Å²) in [4.78, 5) is 0. The predicted octanol–water partition coefficient (Wildman–Crippen LogP) is 3.09. The molecule has 1 atom stereocenters. The summed E-state index contributed by atoms with van der Waals surface area (Å²) >= 11 is 0. The quantitative estimate of drug-likeness (QED) is 0.885. The lowest BCUT2D eigenvalue weighted by Crippen LogP contribution is -2.34. The Hall–Kier alpha value is -1.22. The Balaban J connectivity index is 2.05. The highest BCUT2D eigenvalue weighted by atomic mass is 16.5. The summed E-state index contributed by atoms with van der Waals surface area (Å²) in [5, 5.41) is 3.59. The van der Waals surface area contributed by atoms with Crippen molar-refractivity contribution in [2.45, 2.75) is 45.1 Å². The minimum atomic E-state index is 0.658. The lowest BCUT2D eigenvalue weighted by molar-refractivity contribution is 0.374. The van der Waals surface area contributed by atoms with Crippen molar-refractivity contribution >= 4 is 0 Å². The number of benzene rings is 1. The van der Waals surface area contributed by atoms with Crippen molar-refractivity contribution in [3.8, 4) is 11.5 Å². The molecule has 1 aromatic rings. The van der Waals surface area contributed by atoms with Gasteiger partial charge in [0.25, 0.3) is 0 Å². The van der Waals surface area contributed by atoms with Crippen LogP contribution >= 0.6 is 0 Å². The van der Waals surface area contributed by atoms with Crippen molar-refractivity contribution in [3.63, 3.8) is 0 Å². The Morgan fingerprint density at radius 1 is 1.16 bits per heavy atom. The van der Waals surface area contributed by atoms with Crippen molar-refractivity contribution < 1.29 is 9.47 Å². The van der Waals surface area contributed by atoms with Gasteiger partial charge in [-0.2, -0.15) is 0 Å². The molecule has 1 fully saturated rings. The van der Waals surface area contributed by atoms with Gasteiger partial charge in [-0.15, -0.1) is 0 Å². The second kappa shape index (κ2) is 6.80. The molecule has 3 heteroatoms. The largest absolute Gasteiger partial charge is 0.496 e. The van der Waals surface area contributed by atoms with E-state index in [9.17, 15) is 0 Å². The fourth-order valence-electron chi connectivity index (χ4n) is 2.81. The molecule has 0 saturated carbocycles. The van der Waals surface area contributed by atoms with Crippen LogP contribution < -0.4 is 14.8 Å². The second-order valence-corrected chi connectivity index (χ2v) is 5.32. The lowest BCUT2D eigenvalue weighted by Gasteiger charge is -2.23. The standard InChI is InChI=1S/C16H25NO2/c1-12-10-16(19-3)13(11-15(12)18-2)7-8-14-6-4-5-9-17-14/h10-11,14,17H,4-9H2,1-3H3. The highest BCUT2D eigenvalue weighted by Gasteiger charge is 2.14. The van der Waals surface area contributed by atoms with Crippen LogP contribution in [0.5, 0.6) is 11.5 Å². The van der Waals surface area contributed by atoms with E-state index >= 15 is 0 Å². The Morgan fingerprint density at radius 3 is 2.58 bits per heavy atom. The first-order valence-corrected chi connectivity index (χ1v) is 7.19. The van der Waals surface area contributed by atoms with E-state index in [2.05, 4.69) is 17.4 Å². The zero-order valence-electron chi connectivity index (χ0n) is 12.3. The zero-order chi connectivity index (χ0) is 13.7. The molecule has 1 N–H and O–H groups in total. The predicted molar refractivity (Wildman–Crippen MR) is 78.2 cm³/mol. The van der Waals surface area contributed by atoms with Crippen LogP contribution in [0.1, 0.15) is 36.8 Å². The molecular formula is C16H25NO2. The van der Waals surface area contributed by atoms with Gasteiger partial charge in [-0.1, -0.05) is 6.42 Å². The average molecular weight is 263 g/mol. The van der Waals surface area contributed by atoms with Crippen molar-refractivity contribution in [2.24, 2.45) is 0 Å². The Bertz CT molecular complexity index is 411. The maximum Gasteiger partial charge on any atom is 0.122 e. The summed E-state index contributed by atoms with van der Waals surface area (Å²) < 4.78 is 10.9. The molecule has 0 aromatic heterocycles. The van der Waals surface area contributed by atoms with Crippen LogP contribution in [0.15, 0.2) is 12.1 Å². The van der Waals surface area contributed by atoms with E-state index in [1.165, 1.54) is 37.8 Å². The van der Waals surface area contributed by atoms with E-state index in [0.717, 1.165) is 23.5 Å². The fourth-order valence-corrected chi connectivity index (χ4v) is 2.81. The maximum atomic E-state index is 5.49. The molecule has 19 heavy (non-hydrogen) atoms. The number of hydrogen-bond donors (Lipinski definition) is 1. The smallest absolute Gasteiger partial charge is 0.122 e. The van der Waals surface area contributed by atoms with Gasteiger partial charge in [-0.05, 0) is 62.4 Å². The van der Waals surface area contributed by atoms with Crippen LogP contribution in [0.3, 0.4) is 0 Å². The number of aryl methyl sites for hydroxylation is 2. The molecular weight excluding hydrogens is 238 g/mol. The molecule has 0 aliphatic carbocycles. The summed E-state index contributed by atoms with van der Waals surface area (Å²) in [6, 6.07) is 4.85. The van der Waals surface area contributed by atoms with Crippen molar-refractivity contribution in [1.82, 2.24) is 5.32 Å². The van der Waals surface area contributed by atoms with Crippen molar-refractivity contribution in [1.29, 1.82) is 0 Å². The Labute approximate surface area is 116 Å². The van der Waals surface area contributed by atoms with Crippen LogP contribution in [0.2, 0.25) is 0 Å². The van der Waals surface area contributed by atoms with Crippen LogP contribution in [-0.4, -0.2) is 26.8 Å². The van der Waals surface area contributed by atoms with Gasteiger partial charge in [0.15, 0.2) is 0 Å². The van der Waals surface area contributed by atoms with E-state index in [1.807, 2.05) is 6.92 Å². The minimum absolute atomic E-state index is 0.658. The molecule has 1 aromatic carbocycles. The van der Waals surface area contributed by atoms with E-state index < -0.39 is 0 Å². The molecule has 1 heterocycles. The van der Waals surface area contributed by atoms with Gasteiger partial charge in [0.1, 0.15) is 11.5 Å². The van der Waals surface area contributed by atoms with Gasteiger partial charge in [0.05, 0.1) is 14.2 Å². The molecule has 1 aliphatic heterocycles. The highest BCUT2D eigenvalue weighted by Crippen LogP contribution is 2.29. The highest BCUT2D eigenvalue weighted by molar-refractivity contribution is 5.46. The molecule has 1 unspecified atom stereocenters. The normalized spacial score (nSPS) is 19.2. The van der Waals surface area contributed by atoms with Crippen molar-refractivity contribution in [3.05, 3.63) is 23.3 Å². The molecule has 0 bridgehead atoms. The summed E-state index contributed by atoms with van der Waals surface area (Å²) in [5.41, 5.74) is 2.37. The number of piperidine rings is 1. The Kier molecular flexibility index (Phi) is 5.08. The van der Waals surface area contributed by atoms with Crippen molar-refractivity contribution in [2.75, 3.05) is 20.8 Å². The summed E-state index contributed by atoms with van der Waals surface area (Å²) in [6.07, 6.45) is 6.18. The summed E-state index contributed by atoms with van der Waals surface area (Å²) in [7, 11) is 3.46. The van der Waals surface area contributed by atoms with Gasteiger partial charge in [0, 0.05) is 6.04 Å². The first-order chi connectivity index (χ1) is 9.24. The first kappa shape index (κ1) is 14.2. The van der Waals surface area contributed by atoms with Crippen LogP contribution in [0.4, 0.5) is 0 Å². The van der Waals surface area contributed by atoms with Gasteiger partial charge >= 0.3 is 0 Å². The molecule has 0 spiro atoms. The molecule has 106 valence electrons. The van der Waals surface area contributed by atoms with Gasteiger partial charge in [-0.25, -0.2) is 0 Å². The monoisotopic (exact) mass is 263 g/mol. The first-order valence-electron chi connectivity index (χ1n) is 7.19. The van der Waals surface area contributed by atoms with E-state index in [4.69, 9.17) is 9.47 Å². The average Bonchev–Trinajstić information content (AvgIpc) is 2.46. The molecule has 0 radical (unpaired) electrons. The Morgan fingerprint density at radius 2 is 1.95 bits per heavy atom. The number of hydrogen-bond acceptors (Lipinski definition) is 3. The maximum absolute atomic E-state index is 5.49. The molecule has 1 aliphatic rings. The topological polar surface area (TPSA) is 30.5 Å². The number of rotatable bonds is 5. The van der Waals surface area contributed by atoms with Gasteiger partial charge in [0.2, 0.25) is 0 Å². The third-order valence-corrected chi connectivity index (χ3v) is 3.97. The fraction of sp³-hybridized carbons (Fsp3) is 0.625. The van der Waals surface area contributed by atoms with E-state index in [0.29, 0.717) is 6.04 Å². The van der Waals surface area contributed by atoms with Crippen LogP contribution in [0, 0.1) is 6.92 Å². The third-order valence-electron chi connectivity index (χ3n) is 3.97. The zero-order valence-corrected chi connectivity index (χ0v) is 12.3. The van der Waals surface area contributed by atoms with Crippen LogP contribution in [-0.2, 0) is 6.42 Å². The summed E-state index contributed by atoms with van der Waals surface area (Å²) in [5.74, 6) is 1.93. The van der Waals surface area contributed by atoms with E-state index in [-0.39, 0.29) is 0 Å². The molecule has 2 rings (SSSR count). The number of methoxy groups -OCH3 is 2. The molecule has 1 saturated heterocycles. The SMILES string of the molecule is COc1cc(CCC2CCCCN2)c(OC)cc1C. The van der Waals surface area contributed by atoms with E-state index in [1.54, 1.807) is 14.2 Å². The summed E-state index contributed by atoms with van der Waals surface area (Å²) in [6.45, 7) is 3.22. The number of nitrogens with one attached hydrogen (secondary N) is 1. The van der Waals surface area contributed by atoms with Crippen LogP contribution in [0.25, 0.3) is 0 Å². The molecule has 3 nitrogen and oxygen atoms in total. The molecule has 0 amide bonds. The third kappa shape index (κ3) is 3.63. The minimum Gasteiger partial charge on any atom is -0.496 e. The van der Waals surface area contributed by atoms with Gasteiger partial charge in [-0.3, -0.25) is 0 Å². The van der Waals surface area contributed by atoms with Gasteiger partial charge < -0.3 is 14.8 Å². The lowest BCUT2D eigenvalue weighted by atomic mass is 9.97. The number of ether oxygens (including phenoxy) is 2. The second-order valence-electron chi connectivity index (χ2n) is 5.32.